The van der Waals surface area contributed by atoms with Crippen LogP contribution in [0.5, 0.6) is 11.5 Å². The molecule has 1 aliphatic rings. The number of rotatable bonds is 6. The SMILES string of the molecule is CCOc1ccc(/C(O)=C2\C(=O)C(=O)N(c3cccc(C)c3)C2c2ccccc2OC)cc1. The highest BCUT2D eigenvalue weighted by Crippen LogP contribution is 2.45. The van der Waals surface area contributed by atoms with Gasteiger partial charge < -0.3 is 14.6 Å². The van der Waals surface area contributed by atoms with Gasteiger partial charge in [-0.05, 0) is 61.9 Å². The Morgan fingerprint density at radius 2 is 1.73 bits per heavy atom. The van der Waals surface area contributed by atoms with Crippen LogP contribution in [0.15, 0.2) is 78.4 Å². The number of aryl methyl sites for hydroxylation is 1. The Morgan fingerprint density at radius 3 is 2.39 bits per heavy atom. The van der Waals surface area contributed by atoms with Crippen molar-refractivity contribution in [1.82, 2.24) is 0 Å². The molecular weight excluding hydrogens is 418 g/mol. The van der Waals surface area contributed by atoms with Gasteiger partial charge in [-0.15, -0.1) is 0 Å². The first-order chi connectivity index (χ1) is 16.0. The highest BCUT2D eigenvalue weighted by Gasteiger charge is 2.47. The Morgan fingerprint density at radius 1 is 1.00 bits per heavy atom. The molecule has 33 heavy (non-hydrogen) atoms. The molecule has 6 heteroatoms. The van der Waals surface area contributed by atoms with E-state index in [9.17, 15) is 14.7 Å². The van der Waals surface area contributed by atoms with Gasteiger partial charge in [-0.1, -0.05) is 30.3 Å². The van der Waals surface area contributed by atoms with Gasteiger partial charge in [0.2, 0.25) is 0 Å². The van der Waals surface area contributed by atoms with E-state index in [0.29, 0.717) is 34.9 Å². The van der Waals surface area contributed by atoms with Crippen molar-refractivity contribution >= 4 is 23.1 Å². The van der Waals surface area contributed by atoms with Crippen LogP contribution >= 0.6 is 0 Å². The van der Waals surface area contributed by atoms with Gasteiger partial charge >= 0.3 is 0 Å². The number of hydrogen-bond donors (Lipinski definition) is 1. The molecular formula is C27H25NO5. The Bertz CT molecular complexity index is 1230. The van der Waals surface area contributed by atoms with Gasteiger partial charge in [-0.25, -0.2) is 0 Å². The average molecular weight is 443 g/mol. The van der Waals surface area contributed by atoms with E-state index in [-0.39, 0.29) is 11.3 Å². The number of carbonyl (C=O) groups is 2. The molecule has 1 N–H and O–H groups in total. The minimum absolute atomic E-state index is 0.00941. The normalized spacial score (nSPS) is 17.3. The number of aliphatic hydroxyl groups excluding tert-OH is 1. The Labute approximate surface area is 192 Å². The monoisotopic (exact) mass is 443 g/mol. The summed E-state index contributed by atoms with van der Waals surface area (Å²) in [7, 11) is 1.53. The molecule has 3 aromatic rings. The standard InChI is InChI=1S/C27H25NO5/c1-4-33-20-14-12-18(13-15-20)25(29)23-24(21-10-5-6-11-22(21)32-3)28(27(31)26(23)30)19-9-7-8-17(2)16-19/h5-16,24,29H,4H2,1-3H3/b25-23+. The number of anilines is 1. The molecule has 1 fully saturated rings. The summed E-state index contributed by atoms with van der Waals surface area (Å²) in [6.07, 6.45) is 0. The van der Waals surface area contributed by atoms with Crippen LogP contribution in [0.4, 0.5) is 5.69 Å². The smallest absolute Gasteiger partial charge is 0.300 e. The molecule has 1 heterocycles. The lowest BCUT2D eigenvalue weighted by Gasteiger charge is -2.27. The van der Waals surface area contributed by atoms with E-state index in [2.05, 4.69) is 0 Å². The maximum atomic E-state index is 13.3. The summed E-state index contributed by atoms with van der Waals surface area (Å²) in [5, 5.41) is 11.2. The lowest BCUT2D eigenvalue weighted by molar-refractivity contribution is -0.132. The number of Topliss-reactive ketones (excluding diaryl/α,β-unsaturated/α-hetero) is 1. The van der Waals surface area contributed by atoms with Gasteiger partial charge in [0.1, 0.15) is 17.3 Å². The highest BCUT2D eigenvalue weighted by molar-refractivity contribution is 6.51. The zero-order valence-electron chi connectivity index (χ0n) is 18.7. The Kier molecular flexibility index (Phi) is 6.18. The fraction of sp³-hybridized carbons (Fsp3) is 0.185. The first kappa shape index (κ1) is 22.1. The predicted molar refractivity (Wildman–Crippen MR) is 127 cm³/mol. The number of amides is 1. The van der Waals surface area contributed by atoms with Gasteiger partial charge in [0.15, 0.2) is 0 Å². The van der Waals surface area contributed by atoms with Gasteiger partial charge in [-0.3, -0.25) is 14.5 Å². The molecule has 4 rings (SSSR count). The fourth-order valence-electron chi connectivity index (χ4n) is 4.09. The summed E-state index contributed by atoms with van der Waals surface area (Å²) in [5.74, 6) is -0.541. The number of ether oxygens (including phenoxy) is 2. The lowest BCUT2D eigenvalue weighted by Crippen LogP contribution is -2.29. The van der Waals surface area contributed by atoms with E-state index in [1.54, 1.807) is 42.5 Å². The second-order valence-electron chi connectivity index (χ2n) is 7.71. The maximum absolute atomic E-state index is 13.3. The van der Waals surface area contributed by atoms with E-state index in [4.69, 9.17) is 9.47 Å². The number of benzene rings is 3. The zero-order chi connectivity index (χ0) is 23.5. The van der Waals surface area contributed by atoms with Crippen molar-refractivity contribution in [2.75, 3.05) is 18.6 Å². The molecule has 1 unspecified atom stereocenters. The summed E-state index contributed by atoms with van der Waals surface area (Å²) in [5.41, 5.74) is 2.54. The van der Waals surface area contributed by atoms with Crippen LogP contribution in [-0.4, -0.2) is 30.5 Å². The van der Waals surface area contributed by atoms with Gasteiger partial charge in [0, 0.05) is 16.8 Å². The van der Waals surface area contributed by atoms with Crippen LogP contribution in [0, 0.1) is 6.92 Å². The minimum Gasteiger partial charge on any atom is -0.507 e. The number of hydrogen-bond acceptors (Lipinski definition) is 5. The van der Waals surface area contributed by atoms with Gasteiger partial charge in [-0.2, -0.15) is 0 Å². The van der Waals surface area contributed by atoms with Crippen LogP contribution < -0.4 is 14.4 Å². The van der Waals surface area contributed by atoms with E-state index in [1.165, 1.54) is 12.0 Å². The summed E-state index contributed by atoms with van der Waals surface area (Å²) in [6, 6.07) is 20.5. The van der Waals surface area contributed by atoms with Crippen molar-refractivity contribution in [2.24, 2.45) is 0 Å². The van der Waals surface area contributed by atoms with E-state index in [0.717, 1.165) is 5.56 Å². The molecule has 168 valence electrons. The van der Waals surface area contributed by atoms with Gasteiger partial charge in [0.05, 0.1) is 25.3 Å². The van der Waals surface area contributed by atoms with Crippen molar-refractivity contribution < 1.29 is 24.2 Å². The summed E-state index contributed by atoms with van der Waals surface area (Å²) in [6.45, 7) is 4.31. The quantitative estimate of drug-likeness (QED) is 0.329. The molecule has 0 radical (unpaired) electrons. The Hall–Kier alpha value is -4.06. The summed E-state index contributed by atoms with van der Waals surface area (Å²) >= 11 is 0. The third-order valence-corrected chi connectivity index (χ3v) is 5.60. The van der Waals surface area contributed by atoms with E-state index >= 15 is 0 Å². The fourth-order valence-corrected chi connectivity index (χ4v) is 4.09. The molecule has 0 aliphatic carbocycles. The topological polar surface area (TPSA) is 76.1 Å². The number of carbonyl (C=O) groups excluding carboxylic acids is 2. The second kappa shape index (κ2) is 9.20. The first-order valence-electron chi connectivity index (χ1n) is 10.7. The summed E-state index contributed by atoms with van der Waals surface area (Å²) in [4.78, 5) is 27.9. The molecule has 3 aromatic carbocycles. The van der Waals surface area contributed by atoms with E-state index < -0.39 is 17.7 Å². The first-order valence-corrected chi connectivity index (χ1v) is 10.7. The van der Waals surface area contributed by atoms with Crippen LogP contribution in [0.25, 0.3) is 5.76 Å². The maximum Gasteiger partial charge on any atom is 0.300 e. The third kappa shape index (κ3) is 4.07. The van der Waals surface area contributed by atoms with Crippen LogP contribution in [0.3, 0.4) is 0 Å². The largest absolute Gasteiger partial charge is 0.507 e. The molecule has 6 nitrogen and oxygen atoms in total. The molecule has 0 spiro atoms. The minimum atomic E-state index is -0.852. The molecule has 1 saturated heterocycles. The van der Waals surface area contributed by atoms with Crippen LogP contribution in [0.2, 0.25) is 0 Å². The number of aliphatic hydroxyl groups is 1. The van der Waals surface area contributed by atoms with Crippen LogP contribution in [-0.2, 0) is 9.59 Å². The average Bonchev–Trinajstić information content (AvgIpc) is 3.09. The predicted octanol–water partition coefficient (Wildman–Crippen LogP) is 5.03. The van der Waals surface area contributed by atoms with Crippen molar-refractivity contribution in [1.29, 1.82) is 0 Å². The molecule has 0 bridgehead atoms. The number of nitrogens with zero attached hydrogens (tertiary/aromatic N) is 1. The highest BCUT2D eigenvalue weighted by atomic mass is 16.5. The second-order valence-corrected chi connectivity index (χ2v) is 7.71. The molecule has 1 aliphatic heterocycles. The van der Waals surface area contributed by atoms with Crippen molar-refractivity contribution in [3.63, 3.8) is 0 Å². The lowest BCUT2D eigenvalue weighted by atomic mass is 9.94. The molecule has 0 aromatic heterocycles. The summed E-state index contributed by atoms with van der Waals surface area (Å²) < 4.78 is 11.0. The molecule has 0 saturated carbocycles. The van der Waals surface area contributed by atoms with E-state index in [1.807, 2.05) is 44.2 Å². The molecule has 1 atom stereocenters. The van der Waals surface area contributed by atoms with Crippen molar-refractivity contribution in [2.45, 2.75) is 19.9 Å². The zero-order valence-corrected chi connectivity index (χ0v) is 18.7. The Balaban J connectivity index is 1.93. The number of para-hydroxylation sites is 1. The van der Waals surface area contributed by atoms with Crippen molar-refractivity contribution in [3.8, 4) is 11.5 Å². The van der Waals surface area contributed by atoms with Crippen molar-refractivity contribution in [3.05, 3.63) is 95.1 Å². The molecule has 1 amide bonds. The van der Waals surface area contributed by atoms with Gasteiger partial charge in [0.25, 0.3) is 11.7 Å². The number of methoxy groups -OCH3 is 1. The third-order valence-electron chi connectivity index (χ3n) is 5.60. The number of ketones is 1. The van der Waals surface area contributed by atoms with Crippen LogP contribution in [0.1, 0.15) is 29.7 Å².